The molecule has 0 aromatic carbocycles. The molecule has 0 spiro atoms. The minimum atomic E-state index is -1.68. The molecule has 0 aromatic rings. The summed E-state index contributed by atoms with van der Waals surface area (Å²) in [5.74, 6) is -1.71. The number of unbranched alkanes of at least 4 members (excludes halogenated alkanes) is 5. The van der Waals surface area contributed by atoms with Gasteiger partial charge in [-0.1, -0.05) is 45.4 Å². The zero-order chi connectivity index (χ0) is 26.2. The van der Waals surface area contributed by atoms with Gasteiger partial charge in [0.2, 0.25) is 0 Å². The highest BCUT2D eigenvalue weighted by Gasteiger charge is 2.59. The van der Waals surface area contributed by atoms with Crippen LogP contribution in [0, 0.1) is 17.8 Å². The lowest BCUT2D eigenvalue weighted by molar-refractivity contribution is -0.293. The lowest BCUT2D eigenvalue weighted by atomic mass is 9.59. The number of hydrogen-bond acceptors (Lipinski definition) is 4. The first-order valence-electron chi connectivity index (χ1n) is 14.4. The van der Waals surface area contributed by atoms with E-state index >= 15 is 0 Å². The normalized spacial score (nSPS) is 30.3. The average molecular weight is 481 g/mol. The quantitative estimate of drug-likeness (QED) is 0.266. The fourth-order valence-corrected chi connectivity index (χ4v) is 7.63. The van der Waals surface area contributed by atoms with Gasteiger partial charge in [0, 0.05) is 34.0 Å². The Labute approximate surface area is 212 Å². The van der Waals surface area contributed by atoms with Crippen molar-refractivity contribution in [2.75, 3.05) is 14.1 Å². The van der Waals surface area contributed by atoms with Crippen molar-refractivity contribution in [3.63, 3.8) is 0 Å². The number of nitrogens with zero attached hydrogens (tertiary/aromatic N) is 2. The molecule has 34 heavy (non-hydrogen) atoms. The molecule has 0 bridgehead atoms. The molecule has 3 atom stereocenters. The van der Waals surface area contributed by atoms with E-state index in [0.717, 1.165) is 38.5 Å². The van der Waals surface area contributed by atoms with Crippen molar-refractivity contribution in [1.29, 1.82) is 0 Å². The molecule has 0 aromatic heterocycles. The van der Waals surface area contributed by atoms with Crippen molar-refractivity contribution in [3.8, 4) is 0 Å². The molecule has 4 nitrogen and oxygen atoms in total. The number of likely N-dealkylation sites (tertiary alicyclic amines) is 2. The van der Waals surface area contributed by atoms with E-state index in [1.807, 2.05) is 0 Å². The molecule has 0 radical (unpaired) electrons. The smallest absolute Gasteiger partial charge is 0.170 e. The molecule has 2 heterocycles. The third kappa shape index (κ3) is 5.87. The van der Waals surface area contributed by atoms with Crippen LogP contribution >= 0.6 is 0 Å². The molecule has 0 amide bonds. The van der Waals surface area contributed by atoms with Crippen LogP contribution in [0.1, 0.15) is 133 Å². The Balaban J connectivity index is 2.36. The highest BCUT2D eigenvalue weighted by atomic mass is 16.5. The molecule has 202 valence electrons. The van der Waals surface area contributed by atoms with Gasteiger partial charge in [-0.3, -0.25) is 9.80 Å². The minimum absolute atomic E-state index is 0.0687. The first-order valence-corrected chi connectivity index (χ1v) is 14.4. The van der Waals surface area contributed by atoms with Crippen molar-refractivity contribution in [2.45, 2.75) is 161 Å². The number of hydrogen-bond donors (Lipinski definition) is 2. The van der Waals surface area contributed by atoms with Crippen LogP contribution in [0.5, 0.6) is 0 Å². The minimum Gasteiger partial charge on any atom is -0.365 e. The van der Waals surface area contributed by atoms with Gasteiger partial charge >= 0.3 is 0 Å². The van der Waals surface area contributed by atoms with Crippen LogP contribution in [0.2, 0.25) is 0 Å². The monoisotopic (exact) mass is 480 g/mol. The van der Waals surface area contributed by atoms with Gasteiger partial charge in [0.05, 0.1) is 0 Å². The Morgan fingerprint density at radius 1 is 0.735 bits per heavy atom. The first-order chi connectivity index (χ1) is 15.4. The second-order valence-electron chi connectivity index (χ2n) is 14.2. The van der Waals surface area contributed by atoms with Crippen LogP contribution in [0.4, 0.5) is 0 Å². The predicted octanol–water partition coefficient (Wildman–Crippen LogP) is 6.83. The van der Waals surface area contributed by atoms with Gasteiger partial charge in [-0.25, -0.2) is 0 Å². The van der Waals surface area contributed by atoms with E-state index in [4.69, 9.17) is 0 Å². The summed E-state index contributed by atoms with van der Waals surface area (Å²) in [4.78, 5) is 4.91. The molecular weight excluding hydrogens is 420 g/mol. The maximum Gasteiger partial charge on any atom is 0.170 e. The summed E-state index contributed by atoms with van der Waals surface area (Å²) in [6.45, 7) is 20.6. The number of piperidine rings is 2. The Hall–Kier alpha value is -0.160. The van der Waals surface area contributed by atoms with Crippen LogP contribution in [0.3, 0.4) is 0 Å². The fourth-order valence-electron chi connectivity index (χ4n) is 7.63. The Morgan fingerprint density at radius 2 is 1.21 bits per heavy atom. The van der Waals surface area contributed by atoms with E-state index in [0.29, 0.717) is 0 Å². The lowest BCUT2D eigenvalue weighted by Crippen LogP contribution is -2.69. The summed E-state index contributed by atoms with van der Waals surface area (Å²) < 4.78 is 0. The lowest BCUT2D eigenvalue weighted by Gasteiger charge is -2.62. The van der Waals surface area contributed by atoms with Gasteiger partial charge < -0.3 is 10.2 Å². The van der Waals surface area contributed by atoms with Gasteiger partial charge in [-0.05, 0) is 108 Å². The number of rotatable bonds is 10. The average Bonchev–Trinajstić information content (AvgIpc) is 2.71. The molecule has 2 aliphatic rings. The van der Waals surface area contributed by atoms with Crippen molar-refractivity contribution in [1.82, 2.24) is 9.80 Å². The van der Waals surface area contributed by atoms with Gasteiger partial charge in [-0.2, -0.15) is 0 Å². The highest BCUT2D eigenvalue weighted by molar-refractivity contribution is 5.09. The zero-order valence-corrected chi connectivity index (χ0v) is 24.8. The maximum atomic E-state index is 12.2. The van der Waals surface area contributed by atoms with Crippen LogP contribution in [-0.2, 0) is 0 Å². The molecule has 4 heteroatoms. The van der Waals surface area contributed by atoms with Gasteiger partial charge in [0.1, 0.15) is 0 Å². The second kappa shape index (κ2) is 10.7. The molecule has 3 unspecified atom stereocenters. The van der Waals surface area contributed by atoms with E-state index < -0.39 is 5.79 Å². The molecule has 0 saturated carbocycles. The Morgan fingerprint density at radius 3 is 1.76 bits per heavy atom. The van der Waals surface area contributed by atoms with E-state index in [1.165, 1.54) is 32.1 Å². The summed E-state index contributed by atoms with van der Waals surface area (Å²) in [5.41, 5.74) is -0.171. The standard InChI is InChI=1S/C30H60N2O2/c1-12-13-14-15-16-17-18-24(23-19-21-26(2,3)31(10)28(23,6)7)30(33,34)25-20-22-27(4,5)32(11)29(25,8)9/h23-25,33-34H,12-22H2,1-11H3. The highest BCUT2D eigenvalue weighted by Crippen LogP contribution is 2.53. The van der Waals surface area contributed by atoms with E-state index in [9.17, 15) is 10.2 Å². The van der Waals surface area contributed by atoms with Crippen molar-refractivity contribution < 1.29 is 10.2 Å². The van der Waals surface area contributed by atoms with Gasteiger partial charge in [0.15, 0.2) is 5.79 Å². The third-order valence-electron chi connectivity index (χ3n) is 10.8. The molecule has 0 aliphatic carbocycles. The van der Waals surface area contributed by atoms with E-state index in [1.54, 1.807) is 0 Å². The summed E-state index contributed by atoms with van der Waals surface area (Å²) in [6, 6.07) is 0. The van der Waals surface area contributed by atoms with E-state index in [2.05, 4.69) is 86.2 Å². The van der Waals surface area contributed by atoms with Gasteiger partial charge in [0.25, 0.3) is 0 Å². The summed E-state index contributed by atoms with van der Waals surface area (Å²) in [5, 5.41) is 24.3. The molecule has 2 aliphatic heterocycles. The van der Waals surface area contributed by atoms with Crippen LogP contribution in [-0.4, -0.2) is 62.1 Å². The molecule has 2 rings (SSSR count). The second-order valence-corrected chi connectivity index (χ2v) is 14.2. The zero-order valence-electron chi connectivity index (χ0n) is 24.8. The molecule has 2 N–H and O–H groups in total. The Kier molecular flexibility index (Phi) is 9.44. The SMILES string of the molecule is CCCCCCCCC(C1CCC(C)(C)N(C)C1(C)C)C(O)(O)C1CCC(C)(C)N(C)C1(C)C. The van der Waals surface area contributed by atoms with Crippen molar-refractivity contribution >= 4 is 0 Å². The molecule has 2 fully saturated rings. The fraction of sp³-hybridized carbons (Fsp3) is 1.00. The topological polar surface area (TPSA) is 46.9 Å². The van der Waals surface area contributed by atoms with Gasteiger partial charge in [-0.15, -0.1) is 0 Å². The maximum absolute atomic E-state index is 12.2. The number of aliphatic hydroxyl groups is 2. The summed E-state index contributed by atoms with van der Waals surface area (Å²) in [6.07, 6.45) is 12.3. The first kappa shape index (κ1) is 30.1. The van der Waals surface area contributed by atoms with E-state index in [-0.39, 0.29) is 39.9 Å². The van der Waals surface area contributed by atoms with Crippen molar-refractivity contribution in [2.24, 2.45) is 17.8 Å². The summed E-state index contributed by atoms with van der Waals surface area (Å²) >= 11 is 0. The van der Waals surface area contributed by atoms with Crippen molar-refractivity contribution in [3.05, 3.63) is 0 Å². The largest absolute Gasteiger partial charge is 0.365 e. The third-order valence-corrected chi connectivity index (χ3v) is 10.8. The van der Waals surface area contributed by atoms with Crippen LogP contribution in [0.25, 0.3) is 0 Å². The van der Waals surface area contributed by atoms with Crippen LogP contribution < -0.4 is 0 Å². The Bertz CT molecular complexity index is 652. The van der Waals surface area contributed by atoms with Crippen LogP contribution in [0.15, 0.2) is 0 Å². The summed E-state index contributed by atoms with van der Waals surface area (Å²) in [7, 11) is 4.41. The predicted molar refractivity (Wildman–Crippen MR) is 146 cm³/mol. The molecular formula is C30H60N2O2. The molecule has 2 saturated heterocycles.